The van der Waals surface area contributed by atoms with E-state index in [4.69, 9.17) is 10.5 Å². The lowest BCUT2D eigenvalue weighted by molar-refractivity contribution is 0.103. The van der Waals surface area contributed by atoms with E-state index in [0.29, 0.717) is 42.5 Å². The van der Waals surface area contributed by atoms with Crippen LogP contribution in [0.25, 0.3) is 0 Å². The van der Waals surface area contributed by atoms with E-state index in [1.54, 1.807) is 47.5 Å². The summed E-state index contributed by atoms with van der Waals surface area (Å²) < 4.78 is 5.45. The molecule has 1 saturated heterocycles. The van der Waals surface area contributed by atoms with Gasteiger partial charge < -0.3 is 20.3 Å². The second kappa shape index (κ2) is 9.25. The number of hydrogen-bond donors (Lipinski definition) is 1. The molecule has 1 fully saturated rings. The van der Waals surface area contributed by atoms with Gasteiger partial charge in [-0.25, -0.2) is 14.8 Å². The van der Waals surface area contributed by atoms with E-state index in [2.05, 4.69) is 14.9 Å². The van der Waals surface area contributed by atoms with Gasteiger partial charge in [0.1, 0.15) is 23.1 Å². The van der Waals surface area contributed by atoms with E-state index in [9.17, 15) is 9.59 Å². The molecule has 1 amide bonds. The standard InChI is InChI=1S/C23H23N5O3/c24-22-18(9-5-12-25-22)21(29)19-10-4-11-20(26-19)27-13-6-14-28(16-15-27)23(30)31-17-7-2-1-3-8-17/h1-5,7-12H,6,13-16H2,(H2,24,25). The van der Waals surface area contributed by atoms with Crippen LogP contribution in [0.2, 0.25) is 0 Å². The van der Waals surface area contributed by atoms with Gasteiger partial charge in [-0.1, -0.05) is 24.3 Å². The molecule has 2 N–H and O–H groups in total. The Hall–Kier alpha value is -3.94. The largest absolute Gasteiger partial charge is 0.415 e. The predicted octanol–water partition coefficient (Wildman–Crippen LogP) is 3.00. The Bertz CT molecular complexity index is 1070. The average Bonchev–Trinajstić information content (AvgIpc) is 3.06. The van der Waals surface area contributed by atoms with Crippen molar-refractivity contribution in [2.24, 2.45) is 0 Å². The molecule has 8 nitrogen and oxygen atoms in total. The summed E-state index contributed by atoms with van der Waals surface area (Å²) in [7, 11) is 0. The number of ether oxygens (including phenoxy) is 1. The van der Waals surface area contributed by atoms with Crippen molar-refractivity contribution in [2.45, 2.75) is 6.42 Å². The number of ketones is 1. The lowest BCUT2D eigenvalue weighted by Gasteiger charge is -2.23. The highest BCUT2D eigenvalue weighted by atomic mass is 16.6. The van der Waals surface area contributed by atoms with Crippen LogP contribution in [-0.2, 0) is 0 Å². The van der Waals surface area contributed by atoms with Crippen molar-refractivity contribution in [1.82, 2.24) is 14.9 Å². The number of nitrogen functional groups attached to an aromatic ring is 1. The van der Waals surface area contributed by atoms with Crippen LogP contribution in [-0.4, -0.2) is 52.9 Å². The number of hydrogen-bond acceptors (Lipinski definition) is 7. The van der Waals surface area contributed by atoms with Crippen LogP contribution < -0.4 is 15.4 Å². The molecule has 0 atom stereocenters. The van der Waals surface area contributed by atoms with Gasteiger partial charge >= 0.3 is 6.09 Å². The fraction of sp³-hybridized carbons (Fsp3) is 0.217. The van der Waals surface area contributed by atoms with Crippen molar-refractivity contribution in [3.63, 3.8) is 0 Å². The first kappa shape index (κ1) is 20.3. The number of para-hydroxylation sites is 1. The summed E-state index contributed by atoms with van der Waals surface area (Å²) in [5.74, 6) is 1.13. The third-order valence-electron chi connectivity index (χ3n) is 5.08. The van der Waals surface area contributed by atoms with Crippen molar-refractivity contribution in [2.75, 3.05) is 36.8 Å². The van der Waals surface area contributed by atoms with Crippen LogP contribution in [0.1, 0.15) is 22.5 Å². The summed E-state index contributed by atoms with van der Waals surface area (Å²) in [5.41, 5.74) is 6.48. The number of carbonyl (C=O) groups is 2. The highest BCUT2D eigenvalue weighted by Crippen LogP contribution is 2.19. The zero-order valence-electron chi connectivity index (χ0n) is 17.0. The average molecular weight is 417 g/mol. The monoisotopic (exact) mass is 417 g/mol. The number of rotatable bonds is 4. The van der Waals surface area contributed by atoms with Crippen molar-refractivity contribution >= 4 is 23.5 Å². The van der Waals surface area contributed by atoms with E-state index in [-0.39, 0.29) is 17.7 Å². The SMILES string of the molecule is Nc1ncccc1C(=O)c1cccc(N2CCCN(C(=O)Oc3ccccc3)CC2)n1. The van der Waals surface area contributed by atoms with Gasteiger partial charge in [-0.05, 0) is 42.8 Å². The Labute approximate surface area is 180 Å². The van der Waals surface area contributed by atoms with Gasteiger partial charge in [0.2, 0.25) is 5.78 Å². The second-order valence-electron chi connectivity index (χ2n) is 7.16. The Balaban J connectivity index is 1.44. The Kier molecular flexibility index (Phi) is 6.07. The van der Waals surface area contributed by atoms with E-state index in [1.807, 2.05) is 24.3 Å². The molecule has 1 aliphatic rings. The van der Waals surface area contributed by atoms with E-state index < -0.39 is 0 Å². The first-order valence-corrected chi connectivity index (χ1v) is 10.1. The maximum atomic E-state index is 12.8. The van der Waals surface area contributed by atoms with Crippen LogP contribution in [0.15, 0.2) is 66.9 Å². The quantitative estimate of drug-likeness (QED) is 0.651. The molecule has 3 heterocycles. The Morgan fingerprint density at radius 3 is 2.55 bits per heavy atom. The van der Waals surface area contributed by atoms with Crippen molar-refractivity contribution in [1.29, 1.82) is 0 Å². The summed E-state index contributed by atoms with van der Waals surface area (Å²) in [4.78, 5) is 37.6. The summed E-state index contributed by atoms with van der Waals surface area (Å²) in [6.07, 6.45) is 1.94. The van der Waals surface area contributed by atoms with E-state index >= 15 is 0 Å². The number of aromatic nitrogens is 2. The van der Waals surface area contributed by atoms with E-state index in [1.165, 1.54) is 0 Å². The normalized spacial score (nSPS) is 14.1. The molecule has 0 unspecified atom stereocenters. The smallest absolute Gasteiger partial charge is 0.410 e. The summed E-state index contributed by atoms with van der Waals surface area (Å²) in [6, 6.07) is 17.7. The van der Waals surface area contributed by atoms with Gasteiger partial charge in [0.05, 0.1) is 5.56 Å². The molecule has 2 aromatic heterocycles. The molecule has 3 aromatic rings. The lowest BCUT2D eigenvalue weighted by Crippen LogP contribution is -2.37. The summed E-state index contributed by atoms with van der Waals surface area (Å²) in [5, 5.41) is 0. The maximum Gasteiger partial charge on any atom is 0.415 e. The molecular formula is C23H23N5O3. The van der Waals surface area contributed by atoms with Gasteiger partial charge in [-0.15, -0.1) is 0 Å². The Morgan fingerprint density at radius 1 is 0.903 bits per heavy atom. The molecule has 8 heteroatoms. The minimum atomic E-state index is -0.364. The van der Waals surface area contributed by atoms with Crippen LogP contribution in [0.5, 0.6) is 5.75 Å². The van der Waals surface area contributed by atoms with Gasteiger partial charge in [-0.3, -0.25) is 4.79 Å². The third kappa shape index (κ3) is 4.80. The molecule has 0 radical (unpaired) electrons. The zero-order valence-corrected chi connectivity index (χ0v) is 17.0. The summed E-state index contributed by atoms with van der Waals surface area (Å²) in [6.45, 7) is 2.40. The lowest BCUT2D eigenvalue weighted by atomic mass is 10.1. The first-order chi connectivity index (χ1) is 15.1. The van der Waals surface area contributed by atoms with Crippen LogP contribution >= 0.6 is 0 Å². The number of pyridine rings is 2. The fourth-order valence-electron chi connectivity index (χ4n) is 3.46. The van der Waals surface area contributed by atoms with Gasteiger partial charge in [0.15, 0.2) is 0 Å². The molecule has 0 bridgehead atoms. The fourth-order valence-corrected chi connectivity index (χ4v) is 3.46. The molecule has 0 aliphatic carbocycles. The number of nitrogens with zero attached hydrogens (tertiary/aromatic N) is 4. The number of anilines is 2. The second-order valence-corrected chi connectivity index (χ2v) is 7.16. The van der Waals surface area contributed by atoms with Crippen LogP contribution in [0.3, 0.4) is 0 Å². The minimum Gasteiger partial charge on any atom is -0.410 e. The van der Waals surface area contributed by atoms with Crippen LogP contribution in [0, 0.1) is 0 Å². The number of carbonyl (C=O) groups excluding carboxylic acids is 2. The first-order valence-electron chi connectivity index (χ1n) is 10.1. The van der Waals surface area contributed by atoms with Crippen molar-refractivity contribution < 1.29 is 14.3 Å². The molecule has 0 spiro atoms. The summed E-state index contributed by atoms with van der Waals surface area (Å²) >= 11 is 0. The number of amides is 1. The van der Waals surface area contributed by atoms with E-state index in [0.717, 1.165) is 13.0 Å². The van der Waals surface area contributed by atoms with Gasteiger partial charge in [-0.2, -0.15) is 0 Å². The third-order valence-corrected chi connectivity index (χ3v) is 5.08. The molecular weight excluding hydrogens is 394 g/mol. The highest BCUT2D eigenvalue weighted by molar-refractivity contribution is 6.10. The maximum absolute atomic E-state index is 12.8. The molecule has 1 aromatic carbocycles. The highest BCUT2D eigenvalue weighted by Gasteiger charge is 2.22. The predicted molar refractivity (Wildman–Crippen MR) is 117 cm³/mol. The topological polar surface area (TPSA) is 102 Å². The molecule has 0 saturated carbocycles. The molecule has 31 heavy (non-hydrogen) atoms. The zero-order chi connectivity index (χ0) is 21.6. The number of benzene rings is 1. The molecule has 1 aliphatic heterocycles. The van der Waals surface area contributed by atoms with Gasteiger partial charge in [0, 0.05) is 32.4 Å². The number of nitrogens with two attached hydrogens (primary N) is 1. The minimum absolute atomic E-state index is 0.182. The van der Waals surface area contributed by atoms with Crippen molar-refractivity contribution in [3.8, 4) is 5.75 Å². The van der Waals surface area contributed by atoms with Crippen LogP contribution in [0.4, 0.5) is 16.4 Å². The molecule has 4 rings (SSSR count). The molecule has 158 valence electrons. The van der Waals surface area contributed by atoms with Gasteiger partial charge in [0.25, 0.3) is 0 Å². The van der Waals surface area contributed by atoms with Crippen molar-refractivity contribution in [3.05, 3.63) is 78.1 Å². The Morgan fingerprint density at radius 2 is 1.74 bits per heavy atom.